The molecule has 11 heteroatoms. The van der Waals surface area contributed by atoms with Crippen LogP contribution in [0.15, 0.2) is 23.8 Å². The number of allylic oxidation sites excluding steroid dienone is 3. The van der Waals surface area contributed by atoms with Gasteiger partial charge >= 0.3 is 0 Å². The second-order valence-corrected chi connectivity index (χ2v) is 10.3. The van der Waals surface area contributed by atoms with Crippen molar-refractivity contribution in [1.82, 2.24) is 0 Å². The van der Waals surface area contributed by atoms with Crippen molar-refractivity contribution in [1.29, 1.82) is 0 Å². The summed E-state index contributed by atoms with van der Waals surface area (Å²) in [5, 5.41) is 60.3. The molecule has 0 amide bonds. The summed E-state index contributed by atoms with van der Waals surface area (Å²) < 4.78 is 22.0. The minimum Gasteiger partial charge on any atom is -0.388 e. The van der Waals surface area contributed by atoms with Crippen LogP contribution >= 0.6 is 0 Å². The normalized spacial score (nSPS) is 43.3. The summed E-state index contributed by atoms with van der Waals surface area (Å²) in [5.74, 6) is 0.116. The molecule has 11 nitrogen and oxygen atoms in total. The molecule has 2 saturated heterocycles. The fourth-order valence-electron chi connectivity index (χ4n) is 4.79. The van der Waals surface area contributed by atoms with E-state index in [1.807, 2.05) is 26.8 Å². The molecule has 11 atom stereocenters. The molecule has 6 N–H and O–H groups in total. The zero-order valence-corrected chi connectivity index (χ0v) is 20.4. The summed E-state index contributed by atoms with van der Waals surface area (Å²) in [6.45, 7) is 7.06. The van der Waals surface area contributed by atoms with Gasteiger partial charge in [0.05, 0.1) is 19.3 Å². The molecule has 0 spiro atoms. The Bertz CT molecular complexity index is 796. The predicted molar refractivity (Wildman–Crippen MR) is 121 cm³/mol. The molecule has 2 fully saturated rings. The van der Waals surface area contributed by atoms with Crippen LogP contribution in [0.1, 0.15) is 34.1 Å². The van der Waals surface area contributed by atoms with Gasteiger partial charge in [-0.1, -0.05) is 31.6 Å². The van der Waals surface area contributed by atoms with Gasteiger partial charge in [0.25, 0.3) is 0 Å². The van der Waals surface area contributed by atoms with Crippen LogP contribution in [-0.4, -0.2) is 111 Å². The van der Waals surface area contributed by atoms with Gasteiger partial charge in [0, 0.05) is 12.3 Å². The Hall–Kier alpha value is -1.25. The predicted octanol–water partition coefficient (Wildman–Crippen LogP) is -1.23. The van der Waals surface area contributed by atoms with Crippen LogP contribution in [0.4, 0.5) is 0 Å². The second kappa shape index (κ2) is 11.4. The van der Waals surface area contributed by atoms with Crippen molar-refractivity contribution in [3.05, 3.63) is 23.8 Å². The van der Waals surface area contributed by atoms with Crippen LogP contribution in [0.5, 0.6) is 0 Å². The van der Waals surface area contributed by atoms with Crippen molar-refractivity contribution in [2.45, 2.75) is 95.5 Å². The van der Waals surface area contributed by atoms with Gasteiger partial charge in [0.15, 0.2) is 18.4 Å². The molecule has 3 rings (SSSR count). The standard InChI is InChI=1S/C24H38O11/c1-11-7-13(25)8-24(3,4)14(11)6-5-12(2)34-23-21(31)19(29)18(28)16(35-23)10-33-22-20(30)17(27)15(26)9-32-22/h5-7,12,14-23,26-31H,8-10H2,1-4H3/b6-5+. The second-order valence-electron chi connectivity index (χ2n) is 10.3. The minimum absolute atomic E-state index is 0.0211. The number of rotatable bonds is 7. The summed E-state index contributed by atoms with van der Waals surface area (Å²) in [6.07, 6.45) is -7.31. The van der Waals surface area contributed by atoms with Gasteiger partial charge in [-0.15, -0.1) is 0 Å². The molecule has 0 aromatic heterocycles. The van der Waals surface area contributed by atoms with Crippen molar-refractivity contribution >= 4 is 5.78 Å². The Morgan fingerprint density at radius 1 is 1.06 bits per heavy atom. The quantitative estimate of drug-likeness (QED) is 0.230. The summed E-state index contributed by atoms with van der Waals surface area (Å²) in [4.78, 5) is 11.9. The third-order valence-corrected chi connectivity index (χ3v) is 6.82. The van der Waals surface area contributed by atoms with E-state index in [9.17, 15) is 35.4 Å². The first-order valence-electron chi connectivity index (χ1n) is 11.8. The van der Waals surface area contributed by atoms with Crippen molar-refractivity contribution in [2.75, 3.05) is 13.2 Å². The van der Waals surface area contributed by atoms with Gasteiger partial charge in [-0.25, -0.2) is 0 Å². The zero-order chi connectivity index (χ0) is 26.1. The number of aliphatic hydroxyl groups excluding tert-OH is 6. The van der Waals surface area contributed by atoms with Gasteiger partial charge in [0.1, 0.15) is 42.7 Å². The number of ether oxygens (including phenoxy) is 4. The maximum Gasteiger partial charge on any atom is 0.187 e. The van der Waals surface area contributed by atoms with Crippen molar-refractivity contribution < 1.29 is 54.4 Å². The Morgan fingerprint density at radius 2 is 1.71 bits per heavy atom. The highest BCUT2D eigenvalue weighted by Gasteiger charge is 2.46. The molecular formula is C24H38O11. The molecule has 0 saturated carbocycles. The monoisotopic (exact) mass is 502 g/mol. The number of ketones is 1. The lowest BCUT2D eigenvalue weighted by atomic mass is 9.68. The lowest BCUT2D eigenvalue weighted by Crippen LogP contribution is -2.60. The van der Waals surface area contributed by atoms with E-state index in [0.717, 1.165) is 5.57 Å². The van der Waals surface area contributed by atoms with Crippen LogP contribution in [-0.2, 0) is 23.7 Å². The Balaban J connectivity index is 1.60. The fraction of sp³-hybridized carbons (Fsp3) is 0.792. The van der Waals surface area contributed by atoms with E-state index in [4.69, 9.17) is 18.9 Å². The number of hydrogen-bond acceptors (Lipinski definition) is 11. The Morgan fingerprint density at radius 3 is 2.37 bits per heavy atom. The zero-order valence-electron chi connectivity index (χ0n) is 20.4. The highest BCUT2D eigenvalue weighted by molar-refractivity contribution is 5.92. The van der Waals surface area contributed by atoms with Gasteiger partial charge < -0.3 is 49.6 Å². The first-order chi connectivity index (χ1) is 16.3. The average Bonchev–Trinajstić information content (AvgIpc) is 2.76. The van der Waals surface area contributed by atoms with E-state index in [1.165, 1.54) is 0 Å². The van der Waals surface area contributed by atoms with E-state index in [2.05, 4.69) is 0 Å². The molecule has 1 aliphatic carbocycles. The summed E-state index contributed by atoms with van der Waals surface area (Å²) in [5.41, 5.74) is 0.689. The smallest absolute Gasteiger partial charge is 0.187 e. The first kappa shape index (κ1) is 28.3. The molecule has 200 valence electrons. The molecule has 35 heavy (non-hydrogen) atoms. The lowest BCUT2D eigenvalue weighted by molar-refractivity contribution is -0.324. The molecule has 0 radical (unpaired) electrons. The maximum absolute atomic E-state index is 11.9. The highest BCUT2D eigenvalue weighted by Crippen LogP contribution is 2.40. The van der Waals surface area contributed by atoms with E-state index >= 15 is 0 Å². The van der Waals surface area contributed by atoms with Gasteiger partial charge in [-0.05, 0) is 25.3 Å². The molecular weight excluding hydrogens is 464 g/mol. The highest BCUT2D eigenvalue weighted by atomic mass is 16.7. The van der Waals surface area contributed by atoms with E-state index < -0.39 is 61.4 Å². The third-order valence-electron chi connectivity index (χ3n) is 6.82. The van der Waals surface area contributed by atoms with Crippen molar-refractivity contribution in [2.24, 2.45) is 11.3 Å². The summed E-state index contributed by atoms with van der Waals surface area (Å²) in [7, 11) is 0. The number of carbonyl (C=O) groups is 1. The fourth-order valence-corrected chi connectivity index (χ4v) is 4.79. The number of aliphatic hydroxyl groups is 6. The number of hydrogen-bond donors (Lipinski definition) is 6. The van der Waals surface area contributed by atoms with Gasteiger partial charge in [-0.3, -0.25) is 4.79 Å². The molecule has 0 aromatic rings. The maximum atomic E-state index is 11.9. The summed E-state index contributed by atoms with van der Waals surface area (Å²) >= 11 is 0. The minimum atomic E-state index is -1.59. The van der Waals surface area contributed by atoms with Crippen LogP contribution in [0, 0.1) is 11.3 Å². The molecule has 11 unspecified atom stereocenters. The van der Waals surface area contributed by atoms with Gasteiger partial charge in [-0.2, -0.15) is 0 Å². The van der Waals surface area contributed by atoms with Gasteiger partial charge in [0.2, 0.25) is 0 Å². The van der Waals surface area contributed by atoms with Crippen LogP contribution < -0.4 is 0 Å². The van der Waals surface area contributed by atoms with Crippen molar-refractivity contribution in [3.63, 3.8) is 0 Å². The van der Waals surface area contributed by atoms with Crippen molar-refractivity contribution in [3.8, 4) is 0 Å². The lowest BCUT2D eigenvalue weighted by Gasteiger charge is -2.42. The molecule has 0 aromatic carbocycles. The largest absolute Gasteiger partial charge is 0.388 e. The van der Waals surface area contributed by atoms with Crippen LogP contribution in [0.3, 0.4) is 0 Å². The van der Waals surface area contributed by atoms with E-state index in [1.54, 1.807) is 19.1 Å². The van der Waals surface area contributed by atoms with Crippen LogP contribution in [0.25, 0.3) is 0 Å². The molecule has 2 heterocycles. The third kappa shape index (κ3) is 6.55. The van der Waals surface area contributed by atoms with E-state index in [0.29, 0.717) is 6.42 Å². The average molecular weight is 503 g/mol. The molecule has 0 bridgehead atoms. The van der Waals surface area contributed by atoms with Crippen LogP contribution in [0.2, 0.25) is 0 Å². The first-order valence-corrected chi connectivity index (χ1v) is 11.8. The topological polar surface area (TPSA) is 175 Å². The number of carbonyl (C=O) groups excluding carboxylic acids is 1. The molecule has 3 aliphatic rings. The summed E-state index contributed by atoms with van der Waals surface area (Å²) in [6, 6.07) is 0. The molecule has 2 aliphatic heterocycles. The Kier molecular flexibility index (Phi) is 9.25. The van der Waals surface area contributed by atoms with E-state index in [-0.39, 0.29) is 30.3 Å². The Labute approximate surface area is 204 Å². The SMILES string of the molecule is CC1=CC(=O)CC(C)(C)C1/C=C/C(C)OC1OC(COC2OCC(O)C(O)C2O)C(O)C(O)C1O.